The number of hydrogen-bond donors (Lipinski definition) is 0. The second kappa shape index (κ2) is 7.10. The zero-order valence-electron chi connectivity index (χ0n) is 10.8. The molecule has 1 atom stereocenters. The highest BCUT2D eigenvalue weighted by Gasteiger charge is 2.34. The van der Waals surface area contributed by atoms with Crippen molar-refractivity contribution < 1.29 is 0 Å². The minimum absolute atomic E-state index is 0. The van der Waals surface area contributed by atoms with Crippen molar-refractivity contribution in [2.45, 2.75) is 38.6 Å². The van der Waals surface area contributed by atoms with Crippen molar-refractivity contribution in [1.29, 1.82) is 0 Å². The van der Waals surface area contributed by atoms with Crippen molar-refractivity contribution in [2.75, 3.05) is 26.7 Å². The van der Waals surface area contributed by atoms with E-state index in [4.69, 9.17) is 4.99 Å². The molecule has 2 aliphatic rings. The number of fused-ring (bicyclic) bond motifs is 1. The van der Waals surface area contributed by atoms with Gasteiger partial charge in [-0.2, -0.15) is 0 Å². The summed E-state index contributed by atoms with van der Waals surface area (Å²) in [5, 5.41) is 0. The monoisotopic (exact) mass is 347 g/mol. The Morgan fingerprint density at radius 3 is 3.00 bits per heavy atom. The molecular formula is C13H22IN3. The lowest BCUT2D eigenvalue weighted by molar-refractivity contribution is 0.270. The number of aliphatic imine (C=N–C) groups is 1. The first kappa shape index (κ1) is 14.6. The number of likely N-dealkylation sites (N-methyl/N-ethyl adjacent to an activating group) is 1. The minimum Gasteiger partial charge on any atom is -0.344 e. The molecule has 0 aromatic heterocycles. The topological polar surface area (TPSA) is 18.8 Å². The van der Waals surface area contributed by atoms with Crippen molar-refractivity contribution in [2.24, 2.45) is 4.99 Å². The zero-order chi connectivity index (χ0) is 11.4. The molecule has 0 aliphatic carbocycles. The van der Waals surface area contributed by atoms with Gasteiger partial charge in [0.2, 0.25) is 0 Å². The van der Waals surface area contributed by atoms with Crippen LogP contribution in [0.15, 0.2) is 4.99 Å². The highest BCUT2D eigenvalue weighted by molar-refractivity contribution is 14.0. The van der Waals surface area contributed by atoms with Crippen LogP contribution in [0.4, 0.5) is 0 Å². The van der Waals surface area contributed by atoms with E-state index in [-0.39, 0.29) is 24.0 Å². The van der Waals surface area contributed by atoms with Gasteiger partial charge in [-0.15, -0.1) is 35.8 Å². The third-order valence-electron chi connectivity index (χ3n) is 3.38. The molecule has 17 heavy (non-hydrogen) atoms. The van der Waals surface area contributed by atoms with Crippen molar-refractivity contribution in [3.63, 3.8) is 0 Å². The third-order valence-corrected chi connectivity index (χ3v) is 3.38. The molecule has 0 amide bonds. The van der Waals surface area contributed by atoms with Gasteiger partial charge in [-0.3, -0.25) is 4.99 Å². The molecule has 0 bridgehead atoms. The first-order valence-electron chi connectivity index (χ1n) is 6.24. The second-order valence-corrected chi connectivity index (χ2v) is 4.58. The van der Waals surface area contributed by atoms with E-state index in [2.05, 4.69) is 28.7 Å². The molecule has 0 saturated carbocycles. The van der Waals surface area contributed by atoms with Crippen LogP contribution in [-0.4, -0.2) is 48.5 Å². The number of guanidine groups is 1. The van der Waals surface area contributed by atoms with Crippen LogP contribution in [0, 0.1) is 11.8 Å². The summed E-state index contributed by atoms with van der Waals surface area (Å²) in [6, 6.07) is 0.717. The van der Waals surface area contributed by atoms with Crippen LogP contribution >= 0.6 is 24.0 Å². The smallest absolute Gasteiger partial charge is 0.196 e. The lowest BCUT2D eigenvalue weighted by Crippen LogP contribution is -2.39. The van der Waals surface area contributed by atoms with Crippen molar-refractivity contribution in [1.82, 2.24) is 9.80 Å². The summed E-state index contributed by atoms with van der Waals surface area (Å²) >= 11 is 0. The Morgan fingerprint density at radius 2 is 2.24 bits per heavy atom. The van der Waals surface area contributed by atoms with Crippen LogP contribution in [-0.2, 0) is 0 Å². The number of rotatable bonds is 2. The Hall–Kier alpha value is -0.440. The van der Waals surface area contributed by atoms with Gasteiger partial charge >= 0.3 is 0 Å². The molecule has 0 N–H and O–H groups in total. The van der Waals surface area contributed by atoms with Gasteiger partial charge in [-0.05, 0) is 26.2 Å². The van der Waals surface area contributed by atoms with E-state index in [0.29, 0.717) is 0 Å². The fraction of sp³-hybridized carbons (Fsp3) is 0.769. The van der Waals surface area contributed by atoms with Crippen LogP contribution in [0.25, 0.3) is 0 Å². The molecule has 0 aromatic carbocycles. The molecule has 0 radical (unpaired) electrons. The SMILES string of the molecule is CC#CCCN=C1N(C)C[C@H]2CCCCN12.I. The van der Waals surface area contributed by atoms with E-state index < -0.39 is 0 Å². The maximum atomic E-state index is 4.69. The first-order valence-corrected chi connectivity index (χ1v) is 6.24. The first-order chi connectivity index (χ1) is 7.83. The Morgan fingerprint density at radius 1 is 1.41 bits per heavy atom. The molecule has 2 heterocycles. The average molecular weight is 347 g/mol. The van der Waals surface area contributed by atoms with E-state index in [1.54, 1.807) is 0 Å². The van der Waals surface area contributed by atoms with Crippen LogP contribution in [0.5, 0.6) is 0 Å². The lowest BCUT2D eigenvalue weighted by atomic mass is 10.0. The van der Waals surface area contributed by atoms with E-state index in [0.717, 1.165) is 25.6 Å². The number of halogens is 1. The summed E-state index contributed by atoms with van der Waals surface area (Å²) in [4.78, 5) is 9.48. The third kappa shape index (κ3) is 3.51. The van der Waals surface area contributed by atoms with Gasteiger partial charge in [-0.1, -0.05) is 0 Å². The quantitative estimate of drug-likeness (QED) is 0.433. The van der Waals surface area contributed by atoms with Crippen molar-refractivity contribution in [3.8, 4) is 11.8 Å². The molecule has 2 fully saturated rings. The van der Waals surface area contributed by atoms with Crippen LogP contribution in [0.2, 0.25) is 0 Å². The van der Waals surface area contributed by atoms with E-state index in [9.17, 15) is 0 Å². The molecule has 2 aliphatic heterocycles. The van der Waals surface area contributed by atoms with E-state index in [1.807, 2.05) is 6.92 Å². The Kier molecular flexibility index (Phi) is 6.10. The van der Waals surface area contributed by atoms with Crippen LogP contribution in [0.1, 0.15) is 32.6 Å². The summed E-state index contributed by atoms with van der Waals surface area (Å²) in [6.07, 6.45) is 4.91. The molecule has 0 unspecified atom stereocenters. The normalized spacial score (nSPS) is 25.1. The van der Waals surface area contributed by atoms with Gasteiger partial charge < -0.3 is 9.80 Å². The van der Waals surface area contributed by atoms with Gasteiger partial charge in [0, 0.05) is 32.6 Å². The van der Waals surface area contributed by atoms with Gasteiger partial charge in [0.25, 0.3) is 0 Å². The van der Waals surface area contributed by atoms with Gasteiger partial charge in [0.15, 0.2) is 5.96 Å². The average Bonchev–Trinajstić information content (AvgIpc) is 2.61. The van der Waals surface area contributed by atoms with Crippen LogP contribution in [0.3, 0.4) is 0 Å². The Bertz CT molecular complexity index is 329. The standard InChI is InChI=1S/C13H21N3.HI/c1-3-4-6-9-14-13-15(2)11-12-8-5-7-10-16(12)13;/h12H,5-11H2,1-2H3;1H/t12-;/m1./s1. The maximum Gasteiger partial charge on any atom is 0.196 e. The largest absolute Gasteiger partial charge is 0.344 e. The molecule has 3 nitrogen and oxygen atoms in total. The summed E-state index contributed by atoms with van der Waals surface area (Å²) in [5.41, 5.74) is 0. The number of hydrogen-bond acceptors (Lipinski definition) is 1. The van der Waals surface area contributed by atoms with Gasteiger partial charge in [0.1, 0.15) is 0 Å². The molecule has 0 aromatic rings. The Labute approximate surface area is 122 Å². The van der Waals surface area contributed by atoms with Crippen molar-refractivity contribution in [3.05, 3.63) is 0 Å². The lowest BCUT2D eigenvalue weighted by Gasteiger charge is -2.29. The predicted molar refractivity (Wildman–Crippen MR) is 82.8 cm³/mol. The van der Waals surface area contributed by atoms with E-state index >= 15 is 0 Å². The van der Waals surface area contributed by atoms with Crippen molar-refractivity contribution >= 4 is 29.9 Å². The molecule has 2 saturated heterocycles. The molecule has 96 valence electrons. The summed E-state index contributed by atoms with van der Waals surface area (Å²) in [6.45, 7) is 5.06. The number of piperidine rings is 1. The molecule has 4 heteroatoms. The second-order valence-electron chi connectivity index (χ2n) is 4.58. The Balaban J connectivity index is 0.00000144. The highest BCUT2D eigenvalue weighted by Crippen LogP contribution is 2.24. The predicted octanol–water partition coefficient (Wildman–Crippen LogP) is 2.17. The van der Waals surface area contributed by atoms with Gasteiger partial charge in [0.05, 0.1) is 6.54 Å². The van der Waals surface area contributed by atoms with E-state index in [1.165, 1.54) is 31.8 Å². The zero-order valence-corrected chi connectivity index (χ0v) is 13.1. The summed E-state index contributed by atoms with van der Waals surface area (Å²) in [7, 11) is 2.16. The molecule has 0 spiro atoms. The van der Waals surface area contributed by atoms with Crippen LogP contribution < -0.4 is 0 Å². The number of nitrogens with zero attached hydrogens (tertiary/aromatic N) is 3. The minimum atomic E-state index is 0. The summed E-state index contributed by atoms with van der Waals surface area (Å²) in [5.74, 6) is 7.18. The molecular weight excluding hydrogens is 325 g/mol. The van der Waals surface area contributed by atoms with Gasteiger partial charge in [-0.25, -0.2) is 0 Å². The fourth-order valence-corrected chi connectivity index (χ4v) is 2.62. The highest BCUT2D eigenvalue weighted by atomic mass is 127. The molecule has 2 rings (SSSR count). The maximum absolute atomic E-state index is 4.69. The fourth-order valence-electron chi connectivity index (χ4n) is 2.62. The summed E-state index contributed by atoms with van der Waals surface area (Å²) < 4.78 is 0.